The summed E-state index contributed by atoms with van der Waals surface area (Å²) in [6.07, 6.45) is 23.7. The van der Waals surface area contributed by atoms with Crippen LogP contribution in [0, 0.1) is 71.0 Å². The van der Waals surface area contributed by atoms with Gasteiger partial charge in [-0.1, -0.05) is 165 Å². The van der Waals surface area contributed by atoms with E-state index in [1.54, 1.807) is 102 Å². The van der Waals surface area contributed by atoms with Crippen molar-refractivity contribution in [2.45, 2.75) is 373 Å². The quantitative estimate of drug-likeness (QED) is 0.0467. The second-order valence-corrected chi connectivity index (χ2v) is 46.0. The van der Waals surface area contributed by atoms with Gasteiger partial charge in [-0.25, -0.2) is 9.59 Å². The van der Waals surface area contributed by atoms with E-state index in [1.165, 1.54) is 35.4 Å². The largest absolute Gasteiger partial charge is 0.460 e. The highest BCUT2D eigenvalue weighted by molar-refractivity contribution is 8.51. The summed E-state index contributed by atoms with van der Waals surface area (Å²) in [5, 5.41) is 57.4. The smallest absolute Gasteiger partial charge is 0.407 e. The third kappa shape index (κ3) is 36.8. The number of fused-ring (bicyclic) bond motifs is 6. The highest BCUT2D eigenvalue weighted by Crippen LogP contribution is 2.47. The number of cyclic esters (lactones) is 2. The molecule has 8 rings (SSSR count). The maximum atomic E-state index is 14.5. The van der Waals surface area contributed by atoms with Crippen molar-refractivity contribution in [3.8, 4) is 0 Å². The number of ketones is 6. The van der Waals surface area contributed by atoms with E-state index < -0.39 is 176 Å². The molecule has 32 heteroatoms. The van der Waals surface area contributed by atoms with Gasteiger partial charge in [-0.3, -0.25) is 38.4 Å². The van der Waals surface area contributed by atoms with E-state index in [0.717, 1.165) is 30.4 Å². The van der Waals surface area contributed by atoms with Crippen molar-refractivity contribution in [2.24, 2.45) is 71.0 Å². The standard InChI is InChI=1S/C52H81NO13PS.C51H79NO13.C2H6OP.C2H6/c1-31-17-13-12-14-18-32(2)42(62-8)29-39-22-20-37(7)52(60,66-39)49(57)50(58)53-24-16-15-19-40(53)51(59)65-43(34(4)27-38-21-23-45(68-67(11)61)44(28-38)63-9)30-41(54)33(3)26-36(6)47(56)48(64-10)46(55)35(5)25-31;1-30-16-12-11-13-17-31(2)42(61-8)28-38-21-19-36(7)51(60,65-38)48(57)49(58)52-23-15-14-18-39(52)50(59)64-43(33(4)26-37-20-22-40(53)44(27-37)62-9)29-41(54)32(3)25-35(6)46(56)47(63-10)45(55)34(5)24-30;1-4(2)3;1-2/h12-14,17-18,26,31,33-35,37-40,42-45,47-48,56,60H,15-16,19-25,27-30H2,1-11H3;11-13,16-17,25,30,32-34,36-40,42-44,46-47,53,56,60H,14-15,18-24,26-29H2,1-10H3;1-2H3;1-2H3/q+1;;+1;/b14-12+,17-13+,32-18+,36-26+;13-11+,16-12+,31-17+,35-25+;;/t31-,33-,34-,35-,37-,38+,39?,40?,42+,43+,44-,45?,47-,48+,52-;30-,32-,33-,34-,36-,37+,38?,39?,40?,42+,43+,44-,46-,47+,51-;;/m11../s1. The van der Waals surface area contributed by atoms with Gasteiger partial charge in [0.25, 0.3) is 23.4 Å². The Morgan fingerprint density at radius 3 is 1.19 bits per heavy atom. The molecule has 29 nitrogen and oxygen atoms in total. The van der Waals surface area contributed by atoms with Crippen molar-refractivity contribution in [3.63, 3.8) is 0 Å². The number of Topliss-reactive ketones (excluding diaryl/α,β-unsaturated/α-hetero) is 6. The van der Waals surface area contributed by atoms with Gasteiger partial charge in [-0.15, -0.1) is 0 Å². The van der Waals surface area contributed by atoms with Crippen LogP contribution in [0.25, 0.3) is 0 Å². The molecule has 7 unspecified atom stereocenters. The van der Waals surface area contributed by atoms with Crippen molar-refractivity contribution in [1.82, 2.24) is 9.80 Å². The minimum Gasteiger partial charge on any atom is -0.460 e. The first kappa shape index (κ1) is 123. The van der Waals surface area contributed by atoms with E-state index in [-0.39, 0.29) is 115 Å². The molecule has 6 heterocycles. The molecule has 6 aliphatic heterocycles. The van der Waals surface area contributed by atoms with Crippen LogP contribution in [-0.2, 0) is 104 Å². The number of ether oxygens (including phenoxy) is 10. The summed E-state index contributed by atoms with van der Waals surface area (Å²) >= 11 is 1.44. The fraction of sp³-hybridized carbons (Fsp3) is 0.757. The number of nitrogens with zero attached hydrogens (tertiary/aromatic N) is 2. The molecule has 0 aromatic heterocycles. The molecule has 4 bridgehead atoms. The van der Waals surface area contributed by atoms with Crippen molar-refractivity contribution in [3.05, 3.63) is 95.2 Å². The lowest BCUT2D eigenvalue weighted by molar-refractivity contribution is -0.265. The number of esters is 2. The van der Waals surface area contributed by atoms with Gasteiger partial charge in [0.05, 0.1) is 48.0 Å². The topological polar surface area (TPSA) is 405 Å². The molecule has 0 aromatic carbocycles. The van der Waals surface area contributed by atoms with Crippen molar-refractivity contribution < 1.29 is 130 Å². The molecular weight excluding hydrogens is 1840 g/mol. The lowest BCUT2D eigenvalue weighted by Crippen LogP contribution is -2.61. The Bertz CT molecular complexity index is 4270. The Balaban J connectivity index is 0.000000464. The van der Waals surface area contributed by atoms with Crippen molar-refractivity contribution in [2.75, 3.05) is 75.7 Å². The third-order valence-corrected chi connectivity index (χ3v) is 32.0. The molecule has 8 aliphatic rings. The van der Waals surface area contributed by atoms with Gasteiger partial charge < -0.3 is 82.7 Å². The number of hydrogen-bond acceptors (Lipinski definition) is 28. The Labute approximate surface area is 834 Å². The average Bonchev–Trinajstić information content (AvgIpc) is 0.775. The number of allylic oxidation sites excluding steroid dienone is 12. The van der Waals surface area contributed by atoms with E-state index in [2.05, 4.69) is 0 Å². The third-order valence-electron chi connectivity index (χ3n) is 29.2. The Kier molecular flexibility index (Phi) is 53.9. The number of piperidine rings is 2. The van der Waals surface area contributed by atoms with Gasteiger partial charge in [0, 0.05) is 117 Å². The van der Waals surface area contributed by atoms with Crippen LogP contribution in [0.5, 0.6) is 0 Å². The SMILES string of the molecule is CC.CO[C@H]1CC2CC[C@@H](C)[C@@](O)(O2)C(=O)C(=O)N2CCCCC2C(=O)O[C@H]([C@H](C)C[C@@H]2CCC(O)[C@H](OC)C2)CC(=O)[C@H](C)/C=C(\C)[C@@H](O)[C@@H](OC)C(=O)[C@H](C)C[C@H](C)/C=C/C=C/C=C/1C.CO[C@H]1CC2CC[C@@H](C)[C@@](O)(O2)C(=O)C(=O)N2CCCCC2C(=O)O[C@H]([C@H](C)C[C@@H]2CCC(S[P+](C)=O)[C@H](OC)C2)CC(=O)[C@H](C)/C=C(\C)[C@@H](O)[C@@H](OC)C(=O)[C@H](C)C[C@H](C)/C=C/C=C/C=C/1C.C[P+](C)=O. The number of carbonyl (C=O) groups excluding carboxylic acids is 10. The van der Waals surface area contributed by atoms with Gasteiger partial charge in [-0.2, -0.15) is 0 Å². The van der Waals surface area contributed by atoms with Gasteiger partial charge in [-0.05, 0) is 214 Å². The van der Waals surface area contributed by atoms with Crippen LogP contribution < -0.4 is 0 Å². The average molecular weight is 2010 g/mol. The summed E-state index contributed by atoms with van der Waals surface area (Å²) in [5.74, 6) is -15.9. The zero-order valence-electron chi connectivity index (χ0n) is 87.9. The molecule has 2 amide bonds. The molecule has 2 aliphatic carbocycles. The Hall–Kier alpha value is -6.15. The summed E-state index contributed by atoms with van der Waals surface area (Å²) < 4.78 is 80.9. The predicted molar refractivity (Wildman–Crippen MR) is 540 cm³/mol. The van der Waals surface area contributed by atoms with Gasteiger partial charge in [0.15, 0.2) is 11.6 Å². The molecule has 2 saturated carbocycles. The summed E-state index contributed by atoms with van der Waals surface area (Å²) in [4.78, 5) is 144. The highest BCUT2D eigenvalue weighted by atomic mass is 32.7. The van der Waals surface area contributed by atoms with E-state index in [9.17, 15) is 82.6 Å². The Morgan fingerprint density at radius 1 is 0.460 bits per heavy atom. The van der Waals surface area contributed by atoms with E-state index >= 15 is 0 Å². The first-order valence-electron chi connectivity index (χ1n) is 50.7. The van der Waals surface area contributed by atoms with Gasteiger partial charge in [0.1, 0.15) is 91.7 Å². The second-order valence-electron chi connectivity index (χ2n) is 40.5. The van der Waals surface area contributed by atoms with Crippen LogP contribution in [0.3, 0.4) is 0 Å². The second kappa shape index (κ2) is 60.7. The minimum absolute atomic E-state index is 0.0171. The molecular formula is C107H172N2O27P2S+2. The zero-order chi connectivity index (χ0) is 104. The molecule has 0 spiro atoms. The van der Waals surface area contributed by atoms with Crippen molar-refractivity contribution >= 4 is 84.6 Å². The number of aliphatic hydroxyl groups is 5. The lowest BCUT2D eigenvalue weighted by atomic mass is 9.78. The normalized spacial score (nSPS) is 38.4. The number of carbonyl (C=O) groups is 10. The van der Waals surface area contributed by atoms with Crippen LogP contribution in [0.15, 0.2) is 95.2 Å². The summed E-state index contributed by atoms with van der Waals surface area (Å²) in [6.45, 7) is 34.6. The molecule has 786 valence electrons. The van der Waals surface area contributed by atoms with E-state index in [0.29, 0.717) is 120 Å². The first-order chi connectivity index (χ1) is 65.6. The fourth-order valence-corrected chi connectivity index (χ4v) is 23.4. The highest BCUT2D eigenvalue weighted by Gasteiger charge is 2.56. The molecule has 31 atom stereocenters. The predicted octanol–water partition coefficient (Wildman–Crippen LogP) is 16.6. The minimum atomic E-state index is -2.43. The molecule has 5 N–H and O–H groups in total. The number of amides is 2. The summed E-state index contributed by atoms with van der Waals surface area (Å²) in [7, 11) is 6.85. The Morgan fingerprint density at radius 2 is 0.835 bits per heavy atom. The summed E-state index contributed by atoms with van der Waals surface area (Å²) in [5.41, 5.74) is 2.54. The molecule has 0 aromatic rings. The van der Waals surface area contributed by atoms with Crippen LogP contribution in [0.2, 0.25) is 0 Å². The van der Waals surface area contributed by atoms with E-state index in [1.807, 2.05) is 130 Å². The number of methoxy groups -OCH3 is 6. The summed E-state index contributed by atoms with van der Waals surface area (Å²) in [6, 6.07) is -2.28. The molecule has 4 saturated heterocycles. The number of hydrogen-bond donors (Lipinski definition) is 5. The van der Waals surface area contributed by atoms with Crippen LogP contribution in [0.4, 0.5) is 0 Å². The van der Waals surface area contributed by atoms with Crippen LogP contribution >= 0.6 is 26.2 Å². The van der Waals surface area contributed by atoms with Gasteiger partial charge >= 0.3 is 26.7 Å². The monoisotopic (exact) mass is 2010 g/mol. The number of rotatable bonds is 14. The maximum absolute atomic E-state index is 14.5. The molecule has 0 radical (unpaired) electrons. The first-order valence-corrected chi connectivity index (χ1v) is 56.1. The maximum Gasteiger partial charge on any atom is 0.407 e. The lowest BCUT2D eigenvalue weighted by Gasteiger charge is -2.42. The van der Waals surface area contributed by atoms with Crippen molar-refractivity contribution in [1.29, 1.82) is 0 Å². The number of aliphatic hydroxyl groups excluding tert-OH is 3. The molecule has 6 fully saturated rings. The molecule has 139 heavy (non-hydrogen) atoms. The zero-order valence-corrected chi connectivity index (χ0v) is 90.5. The van der Waals surface area contributed by atoms with E-state index in [4.69, 9.17) is 47.4 Å². The van der Waals surface area contributed by atoms with Crippen LogP contribution in [-0.4, -0.2) is 278 Å². The van der Waals surface area contributed by atoms with Gasteiger partial charge in [0.2, 0.25) is 11.6 Å². The fourth-order valence-electron chi connectivity index (χ4n) is 20.5. The van der Waals surface area contributed by atoms with Crippen LogP contribution in [0.1, 0.15) is 265 Å².